The van der Waals surface area contributed by atoms with Crippen LogP contribution in [0.1, 0.15) is 45.9 Å². The molecule has 2 heterocycles. The van der Waals surface area contributed by atoms with Crippen LogP contribution < -0.4 is 0 Å². The van der Waals surface area contributed by atoms with Crippen molar-refractivity contribution >= 4 is 16.8 Å². The lowest BCUT2D eigenvalue weighted by atomic mass is 9.94. The molecule has 0 spiro atoms. The van der Waals surface area contributed by atoms with Gasteiger partial charge in [0.05, 0.1) is 0 Å². The molecule has 3 aromatic rings. The van der Waals surface area contributed by atoms with Crippen LogP contribution in [-0.2, 0) is 0 Å². The number of likely N-dealkylation sites (tertiary alicyclic amines) is 1. The van der Waals surface area contributed by atoms with Crippen molar-refractivity contribution in [3.63, 3.8) is 0 Å². The van der Waals surface area contributed by atoms with Crippen LogP contribution in [0.3, 0.4) is 0 Å². The van der Waals surface area contributed by atoms with E-state index in [0.717, 1.165) is 37.1 Å². The number of aromatic amines is 1. The zero-order valence-electron chi connectivity index (χ0n) is 14.9. The fraction of sp³-hybridized carbons (Fsp3) is 0.318. The summed E-state index contributed by atoms with van der Waals surface area (Å²) in [7, 11) is 0. The number of hydrogen-bond donors (Lipinski definition) is 1. The summed E-state index contributed by atoms with van der Waals surface area (Å²) in [6.45, 7) is 5.79. The lowest BCUT2D eigenvalue weighted by molar-refractivity contribution is 0.0706. The van der Waals surface area contributed by atoms with Gasteiger partial charge in [0.1, 0.15) is 0 Å². The summed E-state index contributed by atoms with van der Waals surface area (Å²) < 4.78 is 0. The molecular weight excluding hydrogens is 308 g/mol. The maximum absolute atomic E-state index is 12.9. The van der Waals surface area contributed by atoms with Crippen molar-refractivity contribution in [2.24, 2.45) is 0 Å². The van der Waals surface area contributed by atoms with Crippen molar-refractivity contribution in [3.05, 3.63) is 70.9 Å². The monoisotopic (exact) mass is 332 g/mol. The van der Waals surface area contributed by atoms with Crippen LogP contribution in [0.2, 0.25) is 0 Å². The van der Waals surface area contributed by atoms with Crippen LogP contribution in [0.4, 0.5) is 0 Å². The molecule has 0 bridgehead atoms. The van der Waals surface area contributed by atoms with E-state index in [9.17, 15) is 4.79 Å². The highest BCUT2D eigenvalue weighted by Gasteiger charge is 2.26. The SMILES string of the molecule is Cc1cccc(C(=O)N2CCCC(c3cc4cc(C)ccc4[nH]3)C2)c1. The molecule has 1 aromatic heterocycles. The lowest BCUT2D eigenvalue weighted by Crippen LogP contribution is -2.39. The number of aromatic nitrogens is 1. The molecule has 1 unspecified atom stereocenters. The van der Waals surface area contributed by atoms with Gasteiger partial charge in [-0.25, -0.2) is 0 Å². The number of rotatable bonds is 2. The van der Waals surface area contributed by atoms with Crippen LogP contribution in [-0.4, -0.2) is 28.9 Å². The van der Waals surface area contributed by atoms with Gasteiger partial charge in [0.15, 0.2) is 0 Å². The van der Waals surface area contributed by atoms with Gasteiger partial charge in [-0.15, -0.1) is 0 Å². The minimum atomic E-state index is 0.153. The summed E-state index contributed by atoms with van der Waals surface area (Å²) in [6, 6.07) is 16.7. The second-order valence-electron chi connectivity index (χ2n) is 7.28. The van der Waals surface area contributed by atoms with Crippen molar-refractivity contribution < 1.29 is 4.79 Å². The fourth-order valence-corrected chi connectivity index (χ4v) is 3.87. The Morgan fingerprint density at radius 2 is 1.92 bits per heavy atom. The first-order chi connectivity index (χ1) is 12.1. The van der Waals surface area contributed by atoms with Crippen LogP contribution in [0.15, 0.2) is 48.5 Å². The van der Waals surface area contributed by atoms with Gasteiger partial charge in [0, 0.05) is 35.8 Å². The summed E-state index contributed by atoms with van der Waals surface area (Å²) in [5.74, 6) is 0.538. The van der Waals surface area contributed by atoms with Crippen molar-refractivity contribution in [1.29, 1.82) is 0 Å². The predicted octanol–water partition coefficient (Wildman–Crippen LogP) is 4.80. The molecule has 1 fully saturated rings. The average molecular weight is 332 g/mol. The van der Waals surface area contributed by atoms with Crippen molar-refractivity contribution in [1.82, 2.24) is 9.88 Å². The van der Waals surface area contributed by atoms with Gasteiger partial charge in [-0.3, -0.25) is 4.79 Å². The molecule has 1 atom stereocenters. The number of nitrogens with one attached hydrogen (secondary N) is 1. The number of carbonyl (C=O) groups is 1. The summed E-state index contributed by atoms with van der Waals surface area (Å²) in [6.07, 6.45) is 2.18. The number of hydrogen-bond acceptors (Lipinski definition) is 1. The number of piperidine rings is 1. The summed E-state index contributed by atoms with van der Waals surface area (Å²) in [5, 5.41) is 1.26. The van der Waals surface area contributed by atoms with Crippen molar-refractivity contribution in [3.8, 4) is 0 Å². The molecule has 1 N–H and O–H groups in total. The zero-order valence-corrected chi connectivity index (χ0v) is 14.9. The van der Waals surface area contributed by atoms with Crippen LogP contribution in [0.25, 0.3) is 10.9 Å². The molecule has 25 heavy (non-hydrogen) atoms. The number of nitrogens with zero attached hydrogens (tertiary/aromatic N) is 1. The molecular formula is C22H24N2O. The van der Waals surface area contributed by atoms with Gasteiger partial charge in [-0.1, -0.05) is 29.3 Å². The molecule has 0 saturated carbocycles. The molecule has 1 aliphatic rings. The fourth-order valence-electron chi connectivity index (χ4n) is 3.87. The normalized spacial score (nSPS) is 17.8. The second kappa shape index (κ2) is 6.40. The molecule has 2 aromatic carbocycles. The summed E-state index contributed by atoms with van der Waals surface area (Å²) in [4.78, 5) is 18.4. The number of aryl methyl sites for hydroxylation is 2. The average Bonchev–Trinajstić information content (AvgIpc) is 3.04. The molecule has 3 nitrogen and oxygen atoms in total. The van der Waals surface area contributed by atoms with E-state index >= 15 is 0 Å². The molecule has 0 aliphatic carbocycles. The highest BCUT2D eigenvalue weighted by Crippen LogP contribution is 2.30. The van der Waals surface area contributed by atoms with Crippen LogP contribution >= 0.6 is 0 Å². The zero-order chi connectivity index (χ0) is 17.4. The predicted molar refractivity (Wildman–Crippen MR) is 102 cm³/mol. The quantitative estimate of drug-likeness (QED) is 0.718. The largest absolute Gasteiger partial charge is 0.358 e. The van der Waals surface area contributed by atoms with E-state index in [0.29, 0.717) is 5.92 Å². The van der Waals surface area contributed by atoms with E-state index in [1.165, 1.54) is 22.2 Å². The first-order valence-corrected chi connectivity index (χ1v) is 9.05. The van der Waals surface area contributed by atoms with E-state index in [1.54, 1.807) is 0 Å². The van der Waals surface area contributed by atoms with Gasteiger partial charge in [0.2, 0.25) is 0 Å². The Morgan fingerprint density at radius 1 is 1.08 bits per heavy atom. The van der Waals surface area contributed by atoms with E-state index in [1.807, 2.05) is 36.1 Å². The van der Waals surface area contributed by atoms with Crippen molar-refractivity contribution in [2.45, 2.75) is 32.6 Å². The Hall–Kier alpha value is -2.55. The number of benzene rings is 2. The van der Waals surface area contributed by atoms with Gasteiger partial charge in [-0.05, 0) is 62.4 Å². The minimum absolute atomic E-state index is 0.153. The number of amides is 1. The Labute approximate surface area is 148 Å². The summed E-state index contributed by atoms with van der Waals surface area (Å²) >= 11 is 0. The smallest absolute Gasteiger partial charge is 0.253 e. The number of carbonyl (C=O) groups excluding carboxylic acids is 1. The molecule has 1 aliphatic heterocycles. The topological polar surface area (TPSA) is 36.1 Å². The molecule has 128 valence electrons. The first kappa shape index (κ1) is 15.9. The first-order valence-electron chi connectivity index (χ1n) is 9.05. The van der Waals surface area contributed by atoms with Crippen LogP contribution in [0, 0.1) is 13.8 Å². The minimum Gasteiger partial charge on any atom is -0.358 e. The highest BCUT2D eigenvalue weighted by molar-refractivity contribution is 5.94. The van der Waals surface area contributed by atoms with Crippen molar-refractivity contribution in [2.75, 3.05) is 13.1 Å². The van der Waals surface area contributed by atoms with E-state index < -0.39 is 0 Å². The third-order valence-corrected chi connectivity index (χ3v) is 5.21. The molecule has 1 amide bonds. The third-order valence-electron chi connectivity index (χ3n) is 5.21. The second-order valence-corrected chi connectivity index (χ2v) is 7.28. The van der Waals surface area contributed by atoms with Gasteiger partial charge in [-0.2, -0.15) is 0 Å². The standard InChI is InChI=1S/C22H24N2O/c1-15-5-3-6-17(11-15)22(25)24-10-4-7-18(14-24)21-13-19-12-16(2)8-9-20(19)23-21/h3,5-6,8-9,11-13,18,23H,4,7,10,14H2,1-2H3. The van der Waals surface area contributed by atoms with Gasteiger partial charge in [0.25, 0.3) is 5.91 Å². The molecule has 4 rings (SSSR count). The lowest BCUT2D eigenvalue weighted by Gasteiger charge is -2.32. The van der Waals surface area contributed by atoms with E-state index in [4.69, 9.17) is 0 Å². The Morgan fingerprint density at radius 3 is 2.76 bits per heavy atom. The van der Waals surface area contributed by atoms with Gasteiger partial charge < -0.3 is 9.88 Å². The Balaban J connectivity index is 1.56. The van der Waals surface area contributed by atoms with Gasteiger partial charge >= 0.3 is 0 Å². The highest BCUT2D eigenvalue weighted by atomic mass is 16.2. The van der Waals surface area contributed by atoms with Crippen LogP contribution in [0.5, 0.6) is 0 Å². The maximum Gasteiger partial charge on any atom is 0.253 e. The third kappa shape index (κ3) is 3.19. The Kier molecular flexibility index (Phi) is 4.08. The molecule has 3 heteroatoms. The maximum atomic E-state index is 12.9. The summed E-state index contributed by atoms with van der Waals surface area (Å²) in [5.41, 5.74) is 5.64. The number of H-pyrrole nitrogens is 1. The molecule has 0 radical (unpaired) electrons. The Bertz CT molecular complexity index is 925. The number of fused-ring (bicyclic) bond motifs is 1. The van der Waals surface area contributed by atoms with E-state index in [-0.39, 0.29) is 5.91 Å². The van der Waals surface area contributed by atoms with E-state index in [2.05, 4.69) is 36.2 Å². The molecule has 1 saturated heterocycles.